The van der Waals surface area contributed by atoms with E-state index in [0.717, 1.165) is 18.1 Å². The maximum Gasteiger partial charge on any atom is 0.239 e. The fourth-order valence-corrected chi connectivity index (χ4v) is 1.65. The topological polar surface area (TPSA) is 70.2 Å². The molecule has 0 aliphatic rings. The lowest BCUT2D eigenvalue weighted by Crippen LogP contribution is -2.37. The molecule has 1 amide bonds. The van der Waals surface area contributed by atoms with Gasteiger partial charge in [-0.3, -0.25) is 4.79 Å². The monoisotopic (exact) mass is 279 g/mol. The molecule has 0 fully saturated rings. The van der Waals surface area contributed by atoms with Crippen LogP contribution in [0.15, 0.2) is 6.07 Å². The second-order valence-electron chi connectivity index (χ2n) is 5.28. The van der Waals surface area contributed by atoms with Gasteiger partial charge in [-0.2, -0.15) is 4.98 Å². The molecule has 6 nitrogen and oxygen atoms in total. The number of aryl methyl sites for hydroxylation is 1. The van der Waals surface area contributed by atoms with E-state index in [-0.39, 0.29) is 12.5 Å². The van der Waals surface area contributed by atoms with E-state index in [0.29, 0.717) is 18.4 Å². The van der Waals surface area contributed by atoms with Gasteiger partial charge in [0.15, 0.2) is 0 Å². The van der Waals surface area contributed by atoms with E-state index in [1.165, 1.54) is 0 Å². The summed E-state index contributed by atoms with van der Waals surface area (Å²) in [5, 5.41) is 5.99. The summed E-state index contributed by atoms with van der Waals surface area (Å²) in [7, 11) is 1.85. The number of anilines is 2. The van der Waals surface area contributed by atoms with Crippen molar-refractivity contribution in [3.8, 4) is 0 Å². The van der Waals surface area contributed by atoms with Gasteiger partial charge in [0.2, 0.25) is 11.9 Å². The highest BCUT2D eigenvalue weighted by Crippen LogP contribution is 2.13. The fourth-order valence-electron chi connectivity index (χ4n) is 1.65. The Hall–Kier alpha value is -1.85. The minimum absolute atomic E-state index is 0.00228. The van der Waals surface area contributed by atoms with Gasteiger partial charge in [0.05, 0.1) is 6.54 Å². The number of aromatic nitrogens is 2. The molecular formula is C14H25N5O. The molecule has 2 N–H and O–H groups in total. The van der Waals surface area contributed by atoms with Crippen LogP contribution in [0.4, 0.5) is 11.8 Å². The summed E-state index contributed by atoms with van der Waals surface area (Å²) < 4.78 is 0. The third-order valence-electron chi connectivity index (χ3n) is 2.65. The molecule has 1 aromatic rings. The minimum Gasteiger partial charge on any atom is -0.354 e. The molecule has 1 rings (SSSR count). The molecule has 0 atom stereocenters. The van der Waals surface area contributed by atoms with Crippen LogP contribution in [0.5, 0.6) is 0 Å². The van der Waals surface area contributed by atoms with Gasteiger partial charge in [-0.25, -0.2) is 4.98 Å². The Morgan fingerprint density at radius 1 is 1.40 bits per heavy atom. The molecule has 0 spiro atoms. The Labute approximate surface area is 121 Å². The van der Waals surface area contributed by atoms with Crippen molar-refractivity contribution in [2.24, 2.45) is 5.92 Å². The molecule has 0 bridgehead atoms. The Morgan fingerprint density at radius 3 is 2.70 bits per heavy atom. The van der Waals surface area contributed by atoms with E-state index < -0.39 is 0 Å². The van der Waals surface area contributed by atoms with Crippen molar-refractivity contribution in [2.45, 2.75) is 27.7 Å². The van der Waals surface area contributed by atoms with Crippen LogP contribution in [-0.4, -0.2) is 42.6 Å². The first-order chi connectivity index (χ1) is 9.42. The number of carbonyl (C=O) groups excluding carboxylic acids is 1. The summed E-state index contributed by atoms with van der Waals surface area (Å²) in [6.45, 7) is 9.79. The Kier molecular flexibility index (Phi) is 6.21. The lowest BCUT2D eigenvalue weighted by atomic mass is 10.2. The van der Waals surface area contributed by atoms with E-state index in [4.69, 9.17) is 0 Å². The normalized spacial score (nSPS) is 10.5. The summed E-state index contributed by atoms with van der Waals surface area (Å²) in [4.78, 5) is 22.3. The largest absolute Gasteiger partial charge is 0.354 e. The summed E-state index contributed by atoms with van der Waals surface area (Å²) in [6.07, 6.45) is 0. The van der Waals surface area contributed by atoms with Crippen molar-refractivity contribution in [2.75, 3.05) is 36.9 Å². The number of nitrogens with one attached hydrogen (secondary N) is 2. The van der Waals surface area contributed by atoms with Crippen LogP contribution in [-0.2, 0) is 4.79 Å². The van der Waals surface area contributed by atoms with Gasteiger partial charge in [0, 0.05) is 31.9 Å². The van der Waals surface area contributed by atoms with Crippen LogP contribution in [0.2, 0.25) is 0 Å². The first-order valence-corrected chi connectivity index (χ1v) is 6.99. The molecule has 0 aliphatic carbocycles. The van der Waals surface area contributed by atoms with E-state index in [1.54, 1.807) is 0 Å². The van der Waals surface area contributed by atoms with Crippen LogP contribution in [0.25, 0.3) is 0 Å². The van der Waals surface area contributed by atoms with Gasteiger partial charge in [-0.15, -0.1) is 0 Å². The molecule has 1 heterocycles. The minimum atomic E-state index is 0.00228. The molecule has 20 heavy (non-hydrogen) atoms. The number of nitrogens with zero attached hydrogens (tertiary/aromatic N) is 3. The lowest BCUT2D eigenvalue weighted by Gasteiger charge is -2.19. The van der Waals surface area contributed by atoms with E-state index >= 15 is 0 Å². The first kappa shape index (κ1) is 16.2. The van der Waals surface area contributed by atoms with E-state index in [9.17, 15) is 4.79 Å². The molecule has 0 unspecified atom stereocenters. The molecule has 0 saturated carbocycles. The second kappa shape index (κ2) is 7.67. The molecule has 112 valence electrons. The summed E-state index contributed by atoms with van der Waals surface area (Å²) in [5.74, 6) is 1.79. The van der Waals surface area contributed by atoms with Crippen molar-refractivity contribution >= 4 is 17.7 Å². The molecule has 0 radical (unpaired) electrons. The van der Waals surface area contributed by atoms with Gasteiger partial charge < -0.3 is 15.5 Å². The second-order valence-corrected chi connectivity index (χ2v) is 5.28. The summed E-state index contributed by atoms with van der Waals surface area (Å²) in [5.41, 5.74) is 0.875. The first-order valence-electron chi connectivity index (χ1n) is 6.99. The number of hydrogen-bond acceptors (Lipinski definition) is 5. The predicted molar refractivity (Wildman–Crippen MR) is 82.1 cm³/mol. The van der Waals surface area contributed by atoms with Crippen molar-refractivity contribution < 1.29 is 4.79 Å². The van der Waals surface area contributed by atoms with Gasteiger partial charge in [-0.05, 0) is 19.8 Å². The van der Waals surface area contributed by atoms with Gasteiger partial charge in [0.25, 0.3) is 0 Å². The maximum atomic E-state index is 11.8. The number of amides is 1. The number of hydrogen-bond donors (Lipinski definition) is 2. The van der Waals surface area contributed by atoms with Crippen LogP contribution in [0, 0.1) is 12.8 Å². The number of carbonyl (C=O) groups is 1. The highest BCUT2D eigenvalue weighted by molar-refractivity contribution is 5.80. The van der Waals surface area contributed by atoms with Crippen LogP contribution < -0.4 is 15.5 Å². The van der Waals surface area contributed by atoms with Crippen molar-refractivity contribution in [1.82, 2.24) is 15.3 Å². The SMILES string of the molecule is CCNc1nc(C)cc(N(C)CC(=O)NCC(C)C)n1. The third kappa shape index (κ3) is 5.42. The smallest absolute Gasteiger partial charge is 0.239 e. The van der Waals surface area contributed by atoms with Crippen molar-refractivity contribution in [3.63, 3.8) is 0 Å². The molecular weight excluding hydrogens is 254 g/mol. The van der Waals surface area contributed by atoms with Crippen molar-refractivity contribution in [1.29, 1.82) is 0 Å². The van der Waals surface area contributed by atoms with Gasteiger partial charge >= 0.3 is 0 Å². The van der Waals surface area contributed by atoms with Crippen LogP contribution in [0.1, 0.15) is 26.5 Å². The molecule has 0 aliphatic heterocycles. The zero-order chi connectivity index (χ0) is 15.1. The molecule has 1 aromatic heterocycles. The van der Waals surface area contributed by atoms with Gasteiger partial charge in [-0.1, -0.05) is 13.8 Å². The quantitative estimate of drug-likeness (QED) is 0.790. The molecule has 0 aromatic carbocycles. The standard InChI is InChI=1S/C14H25N5O/c1-6-15-14-17-11(4)7-12(18-14)19(5)9-13(20)16-8-10(2)3/h7,10H,6,8-9H2,1-5H3,(H,16,20)(H,15,17,18). The van der Waals surface area contributed by atoms with Gasteiger partial charge in [0.1, 0.15) is 5.82 Å². The molecule has 0 saturated heterocycles. The fraction of sp³-hybridized carbons (Fsp3) is 0.643. The zero-order valence-electron chi connectivity index (χ0n) is 13.0. The lowest BCUT2D eigenvalue weighted by molar-refractivity contribution is -0.119. The van der Waals surface area contributed by atoms with Crippen LogP contribution >= 0.6 is 0 Å². The van der Waals surface area contributed by atoms with Crippen LogP contribution in [0.3, 0.4) is 0 Å². The Balaban J connectivity index is 2.66. The highest BCUT2D eigenvalue weighted by atomic mass is 16.2. The summed E-state index contributed by atoms with van der Waals surface area (Å²) >= 11 is 0. The Morgan fingerprint density at radius 2 is 2.10 bits per heavy atom. The molecule has 6 heteroatoms. The maximum absolute atomic E-state index is 11.8. The Bertz CT molecular complexity index is 447. The average molecular weight is 279 g/mol. The average Bonchev–Trinajstić information content (AvgIpc) is 2.36. The zero-order valence-corrected chi connectivity index (χ0v) is 13.0. The number of likely N-dealkylation sites (N-methyl/N-ethyl adjacent to an activating group) is 1. The highest BCUT2D eigenvalue weighted by Gasteiger charge is 2.10. The predicted octanol–water partition coefficient (Wildman–Crippen LogP) is 1.43. The van der Waals surface area contributed by atoms with E-state index in [1.807, 2.05) is 31.9 Å². The van der Waals surface area contributed by atoms with Crippen molar-refractivity contribution in [3.05, 3.63) is 11.8 Å². The summed E-state index contributed by atoms with van der Waals surface area (Å²) in [6, 6.07) is 1.87. The van der Waals surface area contributed by atoms with E-state index in [2.05, 4.69) is 34.4 Å². The third-order valence-corrected chi connectivity index (χ3v) is 2.65. The number of rotatable bonds is 7.